The average molecular weight is 726 g/mol. The highest BCUT2D eigenvalue weighted by molar-refractivity contribution is 7.22. The molecule has 0 saturated carbocycles. The van der Waals surface area contributed by atoms with Gasteiger partial charge in [-0.3, -0.25) is 0 Å². The van der Waals surface area contributed by atoms with E-state index in [1.54, 1.807) is 0 Å². The Hall–Kier alpha value is -5.70. The molecule has 0 saturated heterocycles. The minimum Gasteiger partial charge on any atom is -0.310 e. The number of hydrogen-bond acceptors (Lipinski definition) is 2. The second-order valence-corrected chi connectivity index (χ2v) is 18.4. The van der Waals surface area contributed by atoms with E-state index in [2.05, 4.69) is 198 Å². The molecule has 1 nitrogen and oxygen atoms in total. The fourth-order valence-electron chi connectivity index (χ4n) is 10.4. The van der Waals surface area contributed by atoms with Crippen LogP contribution in [0.1, 0.15) is 74.9 Å². The molecule has 266 valence electrons. The summed E-state index contributed by atoms with van der Waals surface area (Å²) in [4.78, 5) is 3.89. The molecule has 3 aliphatic rings. The molecule has 11 rings (SSSR count). The van der Waals surface area contributed by atoms with Gasteiger partial charge in [0, 0.05) is 42.9 Å². The quantitative estimate of drug-likeness (QED) is 0.175. The summed E-state index contributed by atoms with van der Waals surface area (Å²) in [5, 5.41) is 1.40. The lowest BCUT2D eigenvalue weighted by Gasteiger charge is -2.30. The number of nitrogens with zero attached hydrogens (tertiary/aromatic N) is 1. The molecule has 0 amide bonds. The summed E-state index contributed by atoms with van der Waals surface area (Å²) < 4.78 is 1.37. The Balaban J connectivity index is 1.04. The highest BCUT2D eigenvalue weighted by Gasteiger charge is 2.40. The molecule has 0 radical (unpaired) electrons. The molecule has 0 atom stereocenters. The van der Waals surface area contributed by atoms with E-state index in [1.165, 1.54) is 98.7 Å². The molecule has 0 unspecified atom stereocenters. The smallest absolute Gasteiger partial charge is 0.0465 e. The van der Waals surface area contributed by atoms with Crippen molar-refractivity contribution in [1.29, 1.82) is 0 Å². The Kier molecular flexibility index (Phi) is 6.65. The van der Waals surface area contributed by atoms with E-state index < -0.39 is 0 Å². The van der Waals surface area contributed by atoms with Crippen molar-refractivity contribution >= 4 is 38.5 Å². The Morgan fingerprint density at radius 2 is 0.873 bits per heavy atom. The van der Waals surface area contributed by atoms with Gasteiger partial charge in [-0.25, -0.2) is 0 Å². The van der Waals surface area contributed by atoms with Gasteiger partial charge in [-0.05, 0) is 126 Å². The first-order valence-electron chi connectivity index (χ1n) is 19.6. The van der Waals surface area contributed by atoms with Crippen molar-refractivity contribution in [2.45, 2.75) is 57.8 Å². The van der Waals surface area contributed by atoms with E-state index in [9.17, 15) is 0 Å². The van der Waals surface area contributed by atoms with Gasteiger partial charge in [0.15, 0.2) is 0 Å². The highest BCUT2D eigenvalue weighted by Crippen LogP contribution is 2.57. The number of fused-ring (bicyclic) bond motifs is 11. The molecule has 0 N–H and O–H groups in total. The van der Waals surface area contributed by atoms with Crippen LogP contribution in [-0.4, -0.2) is 0 Å². The zero-order chi connectivity index (χ0) is 37.4. The van der Waals surface area contributed by atoms with Crippen LogP contribution in [0.5, 0.6) is 0 Å². The first-order valence-corrected chi connectivity index (χ1v) is 20.4. The second-order valence-electron chi connectivity index (χ2n) is 17.4. The van der Waals surface area contributed by atoms with Gasteiger partial charge in [0.1, 0.15) is 0 Å². The molecule has 2 heteroatoms. The summed E-state index contributed by atoms with van der Waals surface area (Å²) in [6.45, 7) is 14.3. The minimum atomic E-state index is -0.0879. The average Bonchev–Trinajstić information content (AvgIpc) is 3.85. The fraction of sp³-hybridized carbons (Fsp3) is 0.170. The van der Waals surface area contributed by atoms with Crippen molar-refractivity contribution in [1.82, 2.24) is 0 Å². The maximum absolute atomic E-state index is 2.47. The van der Waals surface area contributed by atoms with Gasteiger partial charge >= 0.3 is 0 Å². The predicted octanol–water partition coefficient (Wildman–Crippen LogP) is 15.0. The van der Waals surface area contributed by atoms with E-state index in [0.29, 0.717) is 0 Å². The number of rotatable bonds is 4. The topological polar surface area (TPSA) is 3.24 Å². The Bertz CT molecular complexity index is 2790. The third-order valence-corrected chi connectivity index (χ3v) is 14.5. The second kappa shape index (κ2) is 11.2. The van der Waals surface area contributed by atoms with E-state index in [-0.39, 0.29) is 16.2 Å². The van der Waals surface area contributed by atoms with Gasteiger partial charge < -0.3 is 4.90 Å². The third kappa shape index (κ3) is 4.46. The monoisotopic (exact) mass is 725 g/mol. The van der Waals surface area contributed by atoms with Gasteiger partial charge in [-0.15, -0.1) is 11.3 Å². The van der Waals surface area contributed by atoms with Crippen LogP contribution in [0.25, 0.3) is 53.9 Å². The number of hydrogen-bond donors (Lipinski definition) is 0. The Morgan fingerprint density at radius 3 is 1.49 bits per heavy atom. The van der Waals surface area contributed by atoms with Crippen LogP contribution in [0.4, 0.5) is 17.1 Å². The molecule has 0 fully saturated rings. The van der Waals surface area contributed by atoms with Crippen LogP contribution in [0, 0.1) is 0 Å². The number of anilines is 3. The maximum Gasteiger partial charge on any atom is 0.0465 e. The lowest BCUT2D eigenvalue weighted by atomic mass is 9.81. The van der Waals surface area contributed by atoms with Gasteiger partial charge in [0.25, 0.3) is 0 Å². The van der Waals surface area contributed by atoms with E-state index >= 15 is 0 Å². The predicted molar refractivity (Wildman–Crippen MR) is 235 cm³/mol. The van der Waals surface area contributed by atoms with Gasteiger partial charge in [-0.1, -0.05) is 145 Å². The van der Waals surface area contributed by atoms with Crippen molar-refractivity contribution in [3.8, 4) is 43.8 Å². The van der Waals surface area contributed by atoms with Crippen LogP contribution >= 0.6 is 11.3 Å². The van der Waals surface area contributed by atoms with E-state index in [4.69, 9.17) is 0 Å². The normalized spacial score (nSPS) is 15.9. The summed E-state index contributed by atoms with van der Waals surface area (Å²) in [7, 11) is 0. The molecule has 0 bridgehead atoms. The summed E-state index contributed by atoms with van der Waals surface area (Å²) in [5.74, 6) is 0. The summed E-state index contributed by atoms with van der Waals surface area (Å²) >= 11 is 1.94. The fourth-order valence-corrected chi connectivity index (χ4v) is 11.8. The van der Waals surface area contributed by atoms with Gasteiger partial charge in [0.05, 0.1) is 0 Å². The highest BCUT2D eigenvalue weighted by atomic mass is 32.1. The van der Waals surface area contributed by atoms with Crippen molar-refractivity contribution in [2.75, 3.05) is 4.90 Å². The maximum atomic E-state index is 2.47. The van der Waals surface area contributed by atoms with Gasteiger partial charge in [-0.2, -0.15) is 0 Å². The molecule has 1 aromatic heterocycles. The standard InChI is InChI=1S/C53H43NS/c1-51(2)43-16-10-7-13-37(43)39-26-24-35(30-46(39)51)54(36-25-27-40-38-14-8-11-17-44(38)52(3,4)47(40)31-36)34-22-19-32(20-23-34)33-21-28-45-42(29-33)50-49(53(45,5)6)41-15-9-12-18-48(41)55-50/h7-31H,1-6H3. The van der Waals surface area contributed by atoms with Crippen LogP contribution in [0.15, 0.2) is 152 Å². The van der Waals surface area contributed by atoms with Crippen LogP contribution in [0.3, 0.4) is 0 Å². The first kappa shape index (κ1) is 32.7. The number of thiophene rings is 1. The SMILES string of the molecule is CC1(C)c2ccccc2-c2ccc(N(c3ccc(-c4ccc5c(c4)-c4sc6ccccc6c4C5(C)C)cc3)c3ccc4c(c3)C(C)(C)c3ccccc3-4)cc21. The van der Waals surface area contributed by atoms with Crippen molar-refractivity contribution < 1.29 is 0 Å². The van der Waals surface area contributed by atoms with Crippen LogP contribution in [0.2, 0.25) is 0 Å². The van der Waals surface area contributed by atoms with Crippen molar-refractivity contribution in [3.05, 3.63) is 185 Å². The molecular formula is C53H43NS. The third-order valence-electron chi connectivity index (χ3n) is 13.3. The number of benzene rings is 7. The zero-order valence-corrected chi connectivity index (χ0v) is 33.1. The minimum absolute atomic E-state index is 0.0231. The molecule has 0 spiro atoms. The molecule has 55 heavy (non-hydrogen) atoms. The van der Waals surface area contributed by atoms with E-state index in [0.717, 1.165) is 5.69 Å². The van der Waals surface area contributed by atoms with Crippen molar-refractivity contribution in [3.63, 3.8) is 0 Å². The van der Waals surface area contributed by atoms with Crippen LogP contribution in [-0.2, 0) is 16.2 Å². The largest absolute Gasteiger partial charge is 0.310 e. The Morgan fingerprint density at radius 1 is 0.382 bits per heavy atom. The lowest BCUT2D eigenvalue weighted by molar-refractivity contribution is 0.660. The van der Waals surface area contributed by atoms with Crippen molar-refractivity contribution in [2.24, 2.45) is 0 Å². The molecule has 7 aromatic carbocycles. The lowest BCUT2D eigenvalue weighted by Crippen LogP contribution is -2.18. The zero-order valence-electron chi connectivity index (χ0n) is 32.3. The first-order chi connectivity index (χ1) is 26.5. The van der Waals surface area contributed by atoms with Crippen LogP contribution < -0.4 is 4.90 Å². The summed E-state index contributed by atoms with van der Waals surface area (Å²) in [6, 6.07) is 57.4. The molecule has 3 aliphatic carbocycles. The molecular weight excluding hydrogens is 683 g/mol. The molecule has 1 heterocycles. The van der Waals surface area contributed by atoms with E-state index in [1.807, 2.05) is 11.3 Å². The van der Waals surface area contributed by atoms with Gasteiger partial charge in [0.2, 0.25) is 0 Å². The molecule has 0 aliphatic heterocycles. The summed E-state index contributed by atoms with van der Waals surface area (Å²) in [5.41, 5.74) is 21.0. The Labute approximate surface area is 328 Å². The summed E-state index contributed by atoms with van der Waals surface area (Å²) in [6.07, 6.45) is 0. The molecule has 8 aromatic rings.